The summed E-state index contributed by atoms with van der Waals surface area (Å²) in [6.45, 7) is 3.83. The fraction of sp³-hybridized carbons (Fsp3) is 0.471. The number of carbonyl (C=O) groups is 1. The smallest absolute Gasteiger partial charge is 0.276 e. The van der Waals surface area contributed by atoms with Crippen LogP contribution in [-0.4, -0.2) is 52.0 Å². The second-order valence-electron chi connectivity index (χ2n) is 6.43. The van der Waals surface area contributed by atoms with E-state index < -0.39 is 0 Å². The van der Waals surface area contributed by atoms with Gasteiger partial charge in [-0.05, 0) is 49.9 Å². The Hall–Kier alpha value is -1.92. The van der Waals surface area contributed by atoms with Crippen LogP contribution in [0.5, 0.6) is 0 Å². The highest BCUT2D eigenvalue weighted by molar-refractivity contribution is 5.92. The molecule has 1 aromatic carbocycles. The van der Waals surface area contributed by atoms with Crippen LogP contribution < -0.4 is 5.32 Å². The Balaban J connectivity index is 0.00000169. The molecule has 1 aromatic heterocycles. The molecule has 0 radical (unpaired) electrons. The topological polar surface area (TPSA) is 63.1 Å². The number of para-hydroxylation sites is 1. The number of nitrogens with one attached hydrogen (secondary N) is 1. The molecule has 0 aliphatic carbocycles. The average Bonchev–Trinajstić information content (AvgIpc) is 3.21. The molecule has 24 heavy (non-hydrogen) atoms. The average molecular weight is 348 g/mol. The second kappa shape index (κ2) is 7.32. The van der Waals surface area contributed by atoms with Crippen molar-refractivity contribution >= 4 is 18.3 Å². The summed E-state index contributed by atoms with van der Waals surface area (Å²) in [5, 5.41) is 11.6. The Bertz CT molecular complexity index is 675. The van der Waals surface area contributed by atoms with Crippen molar-refractivity contribution in [3.05, 3.63) is 42.2 Å². The zero-order valence-corrected chi connectivity index (χ0v) is 14.3. The molecular formula is C17H22ClN5O. The maximum atomic E-state index is 12.7. The fourth-order valence-electron chi connectivity index (χ4n) is 3.65. The van der Waals surface area contributed by atoms with Gasteiger partial charge in [0.2, 0.25) is 0 Å². The van der Waals surface area contributed by atoms with Gasteiger partial charge in [0.15, 0.2) is 5.69 Å². The van der Waals surface area contributed by atoms with E-state index in [4.69, 9.17) is 0 Å². The van der Waals surface area contributed by atoms with Crippen LogP contribution in [0.3, 0.4) is 0 Å². The first-order chi connectivity index (χ1) is 11.3. The number of fused-ring (bicyclic) bond motifs is 1. The molecule has 3 heterocycles. The number of halogens is 1. The molecule has 1 N–H and O–H groups in total. The summed E-state index contributed by atoms with van der Waals surface area (Å²) >= 11 is 0. The van der Waals surface area contributed by atoms with Crippen molar-refractivity contribution in [3.8, 4) is 5.69 Å². The van der Waals surface area contributed by atoms with Crippen LogP contribution in [0.2, 0.25) is 0 Å². The Morgan fingerprint density at radius 1 is 1.08 bits per heavy atom. The number of aromatic nitrogens is 3. The van der Waals surface area contributed by atoms with Crippen LogP contribution in [0.1, 0.15) is 23.3 Å². The molecule has 1 amide bonds. The van der Waals surface area contributed by atoms with Crippen molar-refractivity contribution in [2.45, 2.75) is 12.8 Å². The van der Waals surface area contributed by atoms with Gasteiger partial charge in [0.1, 0.15) is 0 Å². The first kappa shape index (κ1) is 16.9. The van der Waals surface area contributed by atoms with Crippen molar-refractivity contribution in [2.24, 2.45) is 11.8 Å². The number of amides is 1. The second-order valence-corrected chi connectivity index (χ2v) is 6.43. The van der Waals surface area contributed by atoms with E-state index in [2.05, 4.69) is 15.6 Å². The number of nitrogens with zero attached hydrogens (tertiary/aromatic N) is 4. The molecule has 6 nitrogen and oxygen atoms in total. The monoisotopic (exact) mass is 347 g/mol. The Morgan fingerprint density at radius 3 is 2.42 bits per heavy atom. The molecule has 2 aromatic rings. The molecule has 2 atom stereocenters. The number of likely N-dealkylation sites (tertiary alicyclic amines) is 1. The van der Waals surface area contributed by atoms with Crippen LogP contribution in [0, 0.1) is 11.8 Å². The summed E-state index contributed by atoms with van der Waals surface area (Å²) in [6.07, 6.45) is 3.89. The lowest BCUT2D eigenvalue weighted by atomic mass is 9.92. The van der Waals surface area contributed by atoms with Gasteiger partial charge in [-0.15, -0.1) is 17.5 Å². The van der Waals surface area contributed by atoms with Crippen LogP contribution in [-0.2, 0) is 0 Å². The minimum atomic E-state index is 0. The molecule has 2 fully saturated rings. The third kappa shape index (κ3) is 3.30. The van der Waals surface area contributed by atoms with Gasteiger partial charge in [-0.25, -0.2) is 4.68 Å². The van der Waals surface area contributed by atoms with Crippen LogP contribution in [0.15, 0.2) is 36.5 Å². The molecule has 0 bridgehead atoms. The Morgan fingerprint density at radius 2 is 1.75 bits per heavy atom. The predicted molar refractivity (Wildman–Crippen MR) is 93.6 cm³/mol. The largest absolute Gasteiger partial charge is 0.337 e. The van der Waals surface area contributed by atoms with Gasteiger partial charge >= 0.3 is 0 Å². The number of hydrogen-bond acceptors (Lipinski definition) is 4. The molecule has 2 aliphatic heterocycles. The Kier molecular flexibility index (Phi) is 5.16. The van der Waals surface area contributed by atoms with E-state index in [0.29, 0.717) is 17.5 Å². The van der Waals surface area contributed by atoms with Crippen molar-refractivity contribution in [1.82, 2.24) is 25.2 Å². The lowest BCUT2D eigenvalue weighted by Crippen LogP contribution is -2.33. The van der Waals surface area contributed by atoms with Crippen molar-refractivity contribution in [1.29, 1.82) is 0 Å². The predicted octanol–water partition coefficient (Wildman–Crippen LogP) is 1.76. The quantitative estimate of drug-likeness (QED) is 0.899. The van der Waals surface area contributed by atoms with E-state index in [0.717, 1.165) is 44.7 Å². The van der Waals surface area contributed by atoms with Crippen LogP contribution in [0.4, 0.5) is 0 Å². The number of rotatable bonds is 2. The van der Waals surface area contributed by atoms with Crippen molar-refractivity contribution in [2.75, 3.05) is 26.2 Å². The third-order valence-corrected chi connectivity index (χ3v) is 5.04. The summed E-state index contributed by atoms with van der Waals surface area (Å²) in [5.41, 5.74) is 1.34. The van der Waals surface area contributed by atoms with Gasteiger partial charge < -0.3 is 10.2 Å². The number of hydrogen-bond donors (Lipinski definition) is 1. The van der Waals surface area contributed by atoms with Gasteiger partial charge in [-0.2, -0.15) is 0 Å². The van der Waals surface area contributed by atoms with E-state index in [1.807, 2.05) is 35.2 Å². The van der Waals surface area contributed by atoms with E-state index in [1.165, 1.54) is 0 Å². The number of carbonyl (C=O) groups excluding carboxylic acids is 1. The van der Waals surface area contributed by atoms with Crippen LogP contribution >= 0.6 is 12.4 Å². The zero-order valence-electron chi connectivity index (χ0n) is 13.5. The molecule has 2 aliphatic rings. The molecule has 4 rings (SSSR count). The van der Waals surface area contributed by atoms with E-state index in [1.54, 1.807) is 10.9 Å². The lowest BCUT2D eigenvalue weighted by Gasteiger charge is -2.19. The molecule has 0 saturated carbocycles. The molecule has 7 heteroatoms. The summed E-state index contributed by atoms with van der Waals surface area (Å²) in [4.78, 5) is 14.7. The molecular weight excluding hydrogens is 326 g/mol. The molecule has 0 unspecified atom stereocenters. The van der Waals surface area contributed by atoms with E-state index in [-0.39, 0.29) is 18.3 Å². The third-order valence-electron chi connectivity index (χ3n) is 5.04. The molecule has 0 spiro atoms. The van der Waals surface area contributed by atoms with Crippen molar-refractivity contribution < 1.29 is 4.79 Å². The summed E-state index contributed by atoms with van der Waals surface area (Å²) < 4.78 is 1.66. The Labute approximate surface area is 147 Å². The van der Waals surface area contributed by atoms with Crippen LogP contribution in [0.25, 0.3) is 5.69 Å². The number of benzene rings is 1. The van der Waals surface area contributed by atoms with Gasteiger partial charge in [0.25, 0.3) is 5.91 Å². The van der Waals surface area contributed by atoms with Crippen molar-refractivity contribution in [3.63, 3.8) is 0 Å². The minimum absolute atomic E-state index is 0. The highest BCUT2D eigenvalue weighted by Gasteiger charge is 2.32. The van der Waals surface area contributed by atoms with Gasteiger partial charge in [0, 0.05) is 13.1 Å². The standard InChI is InChI=1S/C17H21N5O.ClH/c23-17(21-8-6-13-10-18-11-14(13)7-9-21)16-12-22(20-19-16)15-4-2-1-3-5-15;/h1-5,12-14,18H,6-11H2;1H/t13-,14+;. The van der Waals surface area contributed by atoms with Gasteiger partial charge in [-0.3, -0.25) is 4.79 Å². The maximum Gasteiger partial charge on any atom is 0.276 e. The van der Waals surface area contributed by atoms with E-state index in [9.17, 15) is 4.79 Å². The lowest BCUT2D eigenvalue weighted by molar-refractivity contribution is 0.0752. The highest BCUT2D eigenvalue weighted by Crippen LogP contribution is 2.27. The molecule has 2 saturated heterocycles. The SMILES string of the molecule is Cl.O=C(c1cn(-c2ccccc2)nn1)N1CC[C@@H]2CNC[C@@H]2CC1. The normalized spacial score (nSPS) is 23.2. The summed E-state index contributed by atoms with van der Waals surface area (Å²) in [5.74, 6) is 1.43. The zero-order chi connectivity index (χ0) is 15.6. The minimum Gasteiger partial charge on any atom is -0.337 e. The first-order valence-corrected chi connectivity index (χ1v) is 8.29. The first-order valence-electron chi connectivity index (χ1n) is 8.29. The van der Waals surface area contributed by atoms with Gasteiger partial charge in [-0.1, -0.05) is 23.4 Å². The van der Waals surface area contributed by atoms with Gasteiger partial charge in [0.05, 0.1) is 11.9 Å². The fourth-order valence-corrected chi connectivity index (χ4v) is 3.65. The van der Waals surface area contributed by atoms with E-state index >= 15 is 0 Å². The maximum absolute atomic E-state index is 12.7. The summed E-state index contributed by atoms with van der Waals surface area (Å²) in [6, 6.07) is 9.74. The highest BCUT2D eigenvalue weighted by atomic mass is 35.5. The summed E-state index contributed by atoms with van der Waals surface area (Å²) in [7, 11) is 0. The molecule has 128 valence electrons.